The molecule has 1 rings (SSSR count). The van der Waals surface area contributed by atoms with Crippen LogP contribution in [0.2, 0.25) is 0 Å². The molecule has 0 aromatic carbocycles. The Bertz CT molecular complexity index is 282. The zero-order valence-electron chi connectivity index (χ0n) is 6.77. The van der Waals surface area contributed by atoms with E-state index in [2.05, 4.69) is 4.98 Å². The van der Waals surface area contributed by atoms with E-state index in [-0.39, 0.29) is 6.54 Å². The normalized spacial score (nSPS) is 12.8. The highest BCUT2D eigenvalue weighted by Gasteiger charge is 2.14. The van der Waals surface area contributed by atoms with Gasteiger partial charge in [0.15, 0.2) is 0 Å². The SMILES string of the molecule is CC(C(=O)O)n1ccnc1CN. The van der Waals surface area contributed by atoms with Crippen LogP contribution in [0.15, 0.2) is 12.4 Å². The van der Waals surface area contributed by atoms with Crippen molar-refractivity contribution >= 4 is 5.97 Å². The Morgan fingerprint density at radius 1 is 1.92 bits per heavy atom. The van der Waals surface area contributed by atoms with Crippen molar-refractivity contribution in [1.82, 2.24) is 9.55 Å². The van der Waals surface area contributed by atoms with E-state index in [9.17, 15) is 4.79 Å². The molecule has 3 N–H and O–H groups in total. The molecule has 1 aromatic rings. The molecule has 66 valence electrons. The molecule has 1 aromatic heterocycles. The monoisotopic (exact) mass is 169 g/mol. The lowest BCUT2D eigenvalue weighted by molar-refractivity contribution is -0.140. The van der Waals surface area contributed by atoms with Gasteiger partial charge >= 0.3 is 5.97 Å². The molecule has 0 saturated carbocycles. The lowest BCUT2D eigenvalue weighted by atomic mass is 10.3. The topological polar surface area (TPSA) is 81.1 Å². The maximum absolute atomic E-state index is 10.6. The van der Waals surface area contributed by atoms with Gasteiger partial charge in [0.05, 0.1) is 6.54 Å². The highest BCUT2D eigenvalue weighted by Crippen LogP contribution is 2.08. The average Bonchev–Trinajstić information content (AvgIpc) is 2.49. The number of hydrogen-bond acceptors (Lipinski definition) is 3. The van der Waals surface area contributed by atoms with E-state index in [0.29, 0.717) is 5.82 Å². The minimum atomic E-state index is -0.886. The van der Waals surface area contributed by atoms with E-state index >= 15 is 0 Å². The fraction of sp³-hybridized carbons (Fsp3) is 0.429. The second-order valence-corrected chi connectivity index (χ2v) is 2.47. The number of carbonyl (C=O) groups is 1. The first-order valence-corrected chi connectivity index (χ1v) is 3.61. The van der Waals surface area contributed by atoms with Crippen LogP contribution < -0.4 is 5.73 Å². The van der Waals surface area contributed by atoms with Crippen molar-refractivity contribution in [1.29, 1.82) is 0 Å². The van der Waals surface area contributed by atoms with Gasteiger partial charge in [-0.25, -0.2) is 9.78 Å². The van der Waals surface area contributed by atoms with Gasteiger partial charge in [-0.3, -0.25) is 0 Å². The summed E-state index contributed by atoms with van der Waals surface area (Å²) in [6.07, 6.45) is 3.16. The standard InChI is InChI=1S/C7H11N3O2/c1-5(7(11)12)10-3-2-9-6(10)4-8/h2-3,5H,4,8H2,1H3,(H,11,12). The smallest absolute Gasteiger partial charge is 0.326 e. The lowest BCUT2D eigenvalue weighted by Crippen LogP contribution is -2.18. The predicted molar refractivity (Wildman–Crippen MR) is 42.5 cm³/mol. The Balaban J connectivity index is 2.93. The molecule has 1 heterocycles. The quantitative estimate of drug-likeness (QED) is 0.666. The first-order valence-electron chi connectivity index (χ1n) is 3.61. The van der Waals surface area contributed by atoms with Crippen molar-refractivity contribution in [3.05, 3.63) is 18.2 Å². The van der Waals surface area contributed by atoms with Crippen molar-refractivity contribution in [2.24, 2.45) is 5.73 Å². The zero-order chi connectivity index (χ0) is 9.14. The van der Waals surface area contributed by atoms with Gasteiger partial charge in [0.1, 0.15) is 11.9 Å². The van der Waals surface area contributed by atoms with Crippen LogP contribution in [0.4, 0.5) is 0 Å². The lowest BCUT2D eigenvalue weighted by Gasteiger charge is -2.10. The van der Waals surface area contributed by atoms with Crippen LogP contribution in [-0.4, -0.2) is 20.6 Å². The first kappa shape index (κ1) is 8.73. The number of carboxylic acid groups (broad SMARTS) is 1. The molecule has 1 atom stereocenters. The molecule has 0 aliphatic rings. The first-order chi connectivity index (χ1) is 5.66. The summed E-state index contributed by atoms with van der Waals surface area (Å²) < 4.78 is 1.54. The molecule has 12 heavy (non-hydrogen) atoms. The minimum Gasteiger partial charge on any atom is -0.480 e. The molecule has 0 aliphatic heterocycles. The van der Waals surface area contributed by atoms with E-state index in [0.717, 1.165) is 0 Å². The Morgan fingerprint density at radius 2 is 2.58 bits per heavy atom. The van der Waals surface area contributed by atoms with Gasteiger partial charge in [0, 0.05) is 12.4 Å². The summed E-state index contributed by atoms with van der Waals surface area (Å²) in [6.45, 7) is 1.84. The van der Waals surface area contributed by atoms with E-state index in [1.165, 1.54) is 0 Å². The maximum atomic E-state index is 10.6. The molecule has 0 amide bonds. The van der Waals surface area contributed by atoms with Gasteiger partial charge in [-0.2, -0.15) is 0 Å². The largest absolute Gasteiger partial charge is 0.480 e. The molecule has 0 radical (unpaired) electrons. The number of imidazole rings is 1. The number of carboxylic acids is 1. The summed E-state index contributed by atoms with van der Waals surface area (Å²) >= 11 is 0. The Kier molecular flexibility index (Phi) is 2.44. The Morgan fingerprint density at radius 3 is 3.08 bits per heavy atom. The van der Waals surface area contributed by atoms with E-state index in [4.69, 9.17) is 10.8 Å². The van der Waals surface area contributed by atoms with Gasteiger partial charge in [-0.15, -0.1) is 0 Å². The molecule has 0 aliphatic carbocycles. The fourth-order valence-electron chi connectivity index (χ4n) is 0.974. The van der Waals surface area contributed by atoms with Crippen LogP contribution in [0.3, 0.4) is 0 Å². The number of nitrogens with zero attached hydrogens (tertiary/aromatic N) is 2. The molecule has 0 bridgehead atoms. The Hall–Kier alpha value is -1.36. The van der Waals surface area contributed by atoms with Crippen LogP contribution in [0.25, 0.3) is 0 Å². The summed E-state index contributed by atoms with van der Waals surface area (Å²) in [5.41, 5.74) is 5.36. The Labute approximate surface area is 69.8 Å². The minimum absolute atomic E-state index is 0.255. The third kappa shape index (κ3) is 1.45. The molecule has 0 fully saturated rings. The number of nitrogens with two attached hydrogens (primary N) is 1. The fourth-order valence-corrected chi connectivity index (χ4v) is 0.974. The predicted octanol–water partition coefficient (Wildman–Crippen LogP) is -0.0126. The van der Waals surface area contributed by atoms with Crippen molar-refractivity contribution < 1.29 is 9.90 Å². The van der Waals surface area contributed by atoms with E-state index in [1.54, 1.807) is 23.9 Å². The summed E-state index contributed by atoms with van der Waals surface area (Å²) in [5, 5.41) is 8.68. The van der Waals surface area contributed by atoms with Crippen molar-refractivity contribution in [3.63, 3.8) is 0 Å². The van der Waals surface area contributed by atoms with Crippen LogP contribution in [-0.2, 0) is 11.3 Å². The molecule has 5 nitrogen and oxygen atoms in total. The number of aliphatic carboxylic acids is 1. The van der Waals surface area contributed by atoms with Gasteiger partial charge in [0.25, 0.3) is 0 Å². The summed E-state index contributed by atoms with van der Waals surface area (Å²) in [5.74, 6) is -0.299. The highest BCUT2D eigenvalue weighted by atomic mass is 16.4. The molecular weight excluding hydrogens is 158 g/mol. The van der Waals surface area contributed by atoms with E-state index < -0.39 is 12.0 Å². The maximum Gasteiger partial charge on any atom is 0.326 e. The number of rotatable bonds is 3. The second kappa shape index (κ2) is 3.36. The molecular formula is C7H11N3O2. The van der Waals surface area contributed by atoms with Crippen LogP contribution >= 0.6 is 0 Å². The van der Waals surface area contributed by atoms with Crippen LogP contribution in [0, 0.1) is 0 Å². The number of hydrogen-bond donors (Lipinski definition) is 2. The van der Waals surface area contributed by atoms with Crippen molar-refractivity contribution in [2.45, 2.75) is 19.5 Å². The van der Waals surface area contributed by atoms with Gasteiger partial charge in [-0.1, -0.05) is 0 Å². The zero-order valence-corrected chi connectivity index (χ0v) is 6.77. The molecule has 1 unspecified atom stereocenters. The van der Waals surface area contributed by atoms with Gasteiger partial charge in [0.2, 0.25) is 0 Å². The summed E-state index contributed by atoms with van der Waals surface area (Å²) in [6, 6.07) is -0.606. The summed E-state index contributed by atoms with van der Waals surface area (Å²) in [7, 11) is 0. The highest BCUT2D eigenvalue weighted by molar-refractivity contribution is 5.71. The summed E-state index contributed by atoms with van der Waals surface area (Å²) in [4.78, 5) is 14.5. The molecule has 5 heteroatoms. The number of aromatic nitrogens is 2. The van der Waals surface area contributed by atoms with Gasteiger partial charge in [-0.05, 0) is 6.92 Å². The van der Waals surface area contributed by atoms with Crippen LogP contribution in [0.1, 0.15) is 18.8 Å². The molecule has 0 spiro atoms. The third-order valence-corrected chi connectivity index (χ3v) is 1.71. The van der Waals surface area contributed by atoms with Crippen molar-refractivity contribution in [3.8, 4) is 0 Å². The second-order valence-electron chi connectivity index (χ2n) is 2.47. The average molecular weight is 169 g/mol. The van der Waals surface area contributed by atoms with Gasteiger partial charge < -0.3 is 15.4 Å². The third-order valence-electron chi connectivity index (χ3n) is 1.71. The molecule has 0 saturated heterocycles. The van der Waals surface area contributed by atoms with Crippen LogP contribution in [0.5, 0.6) is 0 Å². The van der Waals surface area contributed by atoms with E-state index in [1.807, 2.05) is 0 Å². The van der Waals surface area contributed by atoms with Crippen molar-refractivity contribution in [2.75, 3.05) is 0 Å².